The molecule has 206 valence electrons. The average molecular weight is 571 g/mol. The first-order valence-electron chi connectivity index (χ1n) is 13.0. The van der Waals surface area contributed by atoms with Crippen LogP contribution in [0.3, 0.4) is 0 Å². The van der Waals surface area contributed by atoms with E-state index in [1.54, 1.807) is 41.3 Å². The molecule has 1 atom stereocenters. The zero-order valence-corrected chi connectivity index (χ0v) is 23.2. The molecule has 2 amide bonds. The summed E-state index contributed by atoms with van der Waals surface area (Å²) in [5.74, 6) is -0.130. The summed E-state index contributed by atoms with van der Waals surface area (Å²) in [5, 5.41) is 4.08. The third-order valence-corrected chi connectivity index (χ3v) is 7.12. The highest BCUT2D eigenvalue weighted by molar-refractivity contribution is 6.32. The second kappa shape index (κ2) is 14.9. The van der Waals surface area contributed by atoms with E-state index < -0.39 is 6.04 Å². The lowest BCUT2D eigenvalue weighted by Crippen LogP contribution is -2.52. The van der Waals surface area contributed by atoms with Crippen molar-refractivity contribution < 1.29 is 19.1 Å². The highest BCUT2D eigenvalue weighted by Crippen LogP contribution is 2.24. The largest absolute Gasteiger partial charge is 0.482 e. The van der Waals surface area contributed by atoms with E-state index in [0.29, 0.717) is 48.5 Å². The van der Waals surface area contributed by atoms with Crippen molar-refractivity contribution in [2.45, 2.75) is 19.0 Å². The van der Waals surface area contributed by atoms with Crippen LogP contribution in [-0.2, 0) is 27.3 Å². The van der Waals surface area contributed by atoms with Crippen LogP contribution in [0.15, 0.2) is 78.9 Å². The van der Waals surface area contributed by atoms with E-state index >= 15 is 0 Å². The molecule has 1 aliphatic heterocycles. The van der Waals surface area contributed by atoms with Gasteiger partial charge < -0.3 is 19.7 Å². The number of amides is 2. The number of carbonyl (C=O) groups excluding carboxylic acids is 2. The van der Waals surface area contributed by atoms with Gasteiger partial charge in [0.1, 0.15) is 11.8 Å². The van der Waals surface area contributed by atoms with Crippen molar-refractivity contribution >= 4 is 35.0 Å². The maximum absolute atomic E-state index is 13.7. The first kappa shape index (κ1) is 28.9. The monoisotopic (exact) mass is 569 g/mol. The van der Waals surface area contributed by atoms with Crippen molar-refractivity contribution in [3.8, 4) is 5.75 Å². The van der Waals surface area contributed by atoms with Crippen molar-refractivity contribution in [3.05, 3.63) is 100 Å². The molecule has 9 heteroatoms. The van der Waals surface area contributed by atoms with Gasteiger partial charge in [0, 0.05) is 44.2 Å². The van der Waals surface area contributed by atoms with Gasteiger partial charge in [-0.25, -0.2) is 0 Å². The number of halogens is 2. The number of hydrogen-bond donors (Lipinski definition) is 1. The smallest absolute Gasteiger partial charge is 0.261 e. The van der Waals surface area contributed by atoms with Crippen molar-refractivity contribution in [2.75, 3.05) is 46.0 Å². The zero-order chi connectivity index (χ0) is 27.5. The summed E-state index contributed by atoms with van der Waals surface area (Å²) in [5.41, 5.74) is 1.80. The van der Waals surface area contributed by atoms with Crippen LogP contribution in [0.2, 0.25) is 10.0 Å². The Kier molecular flexibility index (Phi) is 11.0. The van der Waals surface area contributed by atoms with Gasteiger partial charge in [0.2, 0.25) is 5.91 Å². The number of benzene rings is 3. The summed E-state index contributed by atoms with van der Waals surface area (Å²) in [6.07, 6.45) is 0.357. The predicted octanol–water partition coefficient (Wildman–Crippen LogP) is 4.46. The quantitative estimate of drug-likeness (QED) is 0.348. The van der Waals surface area contributed by atoms with Crippen LogP contribution >= 0.6 is 23.2 Å². The maximum Gasteiger partial charge on any atom is 0.261 e. The molecular formula is C30H33Cl2N3O4. The molecule has 0 saturated carbocycles. The molecule has 0 aromatic heterocycles. The minimum atomic E-state index is -0.755. The molecule has 0 aliphatic carbocycles. The van der Waals surface area contributed by atoms with Crippen LogP contribution in [-0.4, -0.2) is 73.7 Å². The third-order valence-electron chi connectivity index (χ3n) is 6.56. The Morgan fingerprint density at radius 2 is 1.62 bits per heavy atom. The SMILES string of the molecule is O=C(NCCN1CCOCC1)[C@H](Cc1ccccc1)N(Cc1ccc(Cl)cc1)C(=O)COc1ccccc1Cl. The molecular weight excluding hydrogens is 537 g/mol. The molecule has 0 unspecified atom stereocenters. The minimum Gasteiger partial charge on any atom is -0.482 e. The van der Waals surface area contributed by atoms with Crippen molar-refractivity contribution in [2.24, 2.45) is 0 Å². The molecule has 3 aromatic rings. The van der Waals surface area contributed by atoms with Crippen LogP contribution in [0.4, 0.5) is 0 Å². The fraction of sp³-hybridized carbons (Fsp3) is 0.333. The first-order chi connectivity index (χ1) is 19.0. The molecule has 4 rings (SSSR count). The van der Waals surface area contributed by atoms with E-state index in [2.05, 4.69) is 10.2 Å². The number of hydrogen-bond acceptors (Lipinski definition) is 5. The number of nitrogens with zero attached hydrogens (tertiary/aromatic N) is 2. The van der Waals surface area contributed by atoms with Crippen LogP contribution in [0.25, 0.3) is 0 Å². The molecule has 0 bridgehead atoms. The Hall–Kier alpha value is -3.10. The van der Waals surface area contributed by atoms with Crippen molar-refractivity contribution in [1.29, 1.82) is 0 Å². The number of rotatable bonds is 12. The highest BCUT2D eigenvalue weighted by Gasteiger charge is 2.31. The standard InChI is InChI=1S/C30H33Cl2N3O4/c31-25-12-10-24(11-13-25)21-35(29(36)22-39-28-9-5-4-8-26(28)32)27(20-23-6-2-1-3-7-23)30(37)33-14-15-34-16-18-38-19-17-34/h1-13,27H,14-22H2,(H,33,37)/t27-/m0/s1. The fourth-order valence-corrected chi connectivity index (χ4v) is 4.72. The van der Waals surface area contributed by atoms with Gasteiger partial charge in [0.25, 0.3) is 5.91 Å². The number of carbonyl (C=O) groups is 2. The number of nitrogens with one attached hydrogen (secondary N) is 1. The molecule has 0 radical (unpaired) electrons. The molecule has 1 saturated heterocycles. The summed E-state index contributed by atoms with van der Waals surface area (Å²) >= 11 is 12.3. The van der Waals surface area contributed by atoms with E-state index in [1.165, 1.54) is 0 Å². The molecule has 1 heterocycles. The lowest BCUT2D eigenvalue weighted by molar-refractivity contribution is -0.142. The van der Waals surface area contributed by atoms with Crippen LogP contribution in [0.1, 0.15) is 11.1 Å². The summed E-state index contributed by atoms with van der Waals surface area (Å²) in [7, 11) is 0. The third kappa shape index (κ3) is 8.97. The molecule has 0 spiro atoms. The van der Waals surface area contributed by atoms with Crippen LogP contribution < -0.4 is 10.1 Å². The Labute approximate surface area is 239 Å². The van der Waals surface area contributed by atoms with Gasteiger partial charge in [-0.15, -0.1) is 0 Å². The first-order valence-corrected chi connectivity index (χ1v) is 13.8. The molecule has 1 N–H and O–H groups in total. The minimum absolute atomic E-state index is 0.216. The number of ether oxygens (including phenoxy) is 2. The molecule has 7 nitrogen and oxygen atoms in total. The van der Waals surface area contributed by atoms with Gasteiger partial charge in [-0.2, -0.15) is 0 Å². The molecule has 1 aliphatic rings. The van der Waals surface area contributed by atoms with Gasteiger partial charge in [-0.3, -0.25) is 14.5 Å². The second-order valence-electron chi connectivity index (χ2n) is 9.32. The van der Waals surface area contributed by atoms with E-state index in [9.17, 15) is 9.59 Å². The second-order valence-corrected chi connectivity index (χ2v) is 10.2. The Bertz CT molecular complexity index is 1200. The van der Waals surface area contributed by atoms with E-state index in [4.69, 9.17) is 32.7 Å². The Balaban J connectivity index is 1.54. The summed E-state index contributed by atoms with van der Waals surface area (Å²) < 4.78 is 11.2. The maximum atomic E-state index is 13.7. The predicted molar refractivity (Wildman–Crippen MR) is 153 cm³/mol. The van der Waals surface area contributed by atoms with E-state index in [1.807, 2.05) is 42.5 Å². The van der Waals surface area contributed by atoms with Gasteiger partial charge in [0.05, 0.1) is 18.2 Å². The average Bonchev–Trinajstić information content (AvgIpc) is 2.96. The van der Waals surface area contributed by atoms with Crippen molar-refractivity contribution in [1.82, 2.24) is 15.1 Å². The van der Waals surface area contributed by atoms with Gasteiger partial charge >= 0.3 is 0 Å². The fourth-order valence-electron chi connectivity index (χ4n) is 4.40. The number of morpholine rings is 1. The van der Waals surface area contributed by atoms with Gasteiger partial charge in [-0.05, 0) is 35.4 Å². The summed E-state index contributed by atoms with van der Waals surface area (Å²) in [4.78, 5) is 31.2. The van der Waals surface area contributed by atoms with Gasteiger partial charge in [0.15, 0.2) is 6.61 Å². The molecule has 3 aromatic carbocycles. The van der Waals surface area contributed by atoms with Crippen molar-refractivity contribution in [3.63, 3.8) is 0 Å². The summed E-state index contributed by atoms with van der Waals surface area (Å²) in [6.45, 7) is 4.21. The Morgan fingerprint density at radius 1 is 0.923 bits per heavy atom. The zero-order valence-electron chi connectivity index (χ0n) is 21.7. The van der Waals surface area contributed by atoms with E-state index in [-0.39, 0.29) is 25.0 Å². The summed E-state index contributed by atoms with van der Waals surface area (Å²) in [6, 6.07) is 23.2. The normalized spacial score (nSPS) is 14.4. The lowest BCUT2D eigenvalue weighted by atomic mass is 10.0. The van der Waals surface area contributed by atoms with E-state index in [0.717, 1.165) is 24.2 Å². The van der Waals surface area contributed by atoms with Gasteiger partial charge in [-0.1, -0.05) is 77.8 Å². The topological polar surface area (TPSA) is 71.1 Å². The van der Waals surface area contributed by atoms with Crippen LogP contribution in [0.5, 0.6) is 5.75 Å². The molecule has 1 fully saturated rings. The lowest BCUT2D eigenvalue weighted by Gasteiger charge is -2.32. The number of para-hydroxylation sites is 1. The highest BCUT2D eigenvalue weighted by atomic mass is 35.5. The Morgan fingerprint density at radius 3 is 2.33 bits per heavy atom. The van der Waals surface area contributed by atoms with Crippen LogP contribution in [0, 0.1) is 0 Å². The molecule has 39 heavy (non-hydrogen) atoms.